The summed E-state index contributed by atoms with van der Waals surface area (Å²) in [6.07, 6.45) is -1.50. The van der Waals surface area contributed by atoms with Crippen LogP contribution in [0.25, 0.3) is 0 Å². The molecule has 2 amide bonds. The molecule has 0 spiro atoms. The highest BCUT2D eigenvalue weighted by molar-refractivity contribution is 5.80. The first-order valence-electron chi connectivity index (χ1n) is 17.4. The topological polar surface area (TPSA) is 154 Å². The van der Waals surface area contributed by atoms with E-state index in [-0.39, 0.29) is 25.5 Å². The number of ether oxygens (including phenoxy) is 6. The van der Waals surface area contributed by atoms with Gasteiger partial charge in [-0.15, -0.1) is 0 Å². The van der Waals surface area contributed by atoms with E-state index in [9.17, 15) is 19.8 Å². The van der Waals surface area contributed by atoms with Crippen LogP contribution < -0.4 is 15.4 Å². The van der Waals surface area contributed by atoms with E-state index >= 15 is 0 Å². The highest BCUT2D eigenvalue weighted by Gasteiger charge is 2.35. The Morgan fingerprint density at radius 3 is 2.10 bits per heavy atom. The average molecular weight is 709 g/mol. The van der Waals surface area contributed by atoms with E-state index in [0.29, 0.717) is 64.7 Å². The van der Waals surface area contributed by atoms with Crippen LogP contribution in [0.1, 0.15) is 34.7 Å². The van der Waals surface area contributed by atoms with E-state index in [1.807, 2.05) is 78.9 Å². The quantitative estimate of drug-likeness (QED) is 0.108. The summed E-state index contributed by atoms with van der Waals surface area (Å²) < 4.78 is 31.9. The number of alkyl carbamates (subject to hydrolysis) is 1. The van der Waals surface area contributed by atoms with Gasteiger partial charge in [0, 0.05) is 26.6 Å². The number of aliphatic hydroxyl groups excluding tert-OH is 2. The average Bonchev–Trinajstić information content (AvgIpc) is 3.45. The first-order valence-corrected chi connectivity index (χ1v) is 17.4. The van der Waals surface area contributed by atoms with Gasteiger partial charge in [0.1, 0.15) is 19.0 Å². The molecule has 5 unspecified atom stereocenters. The molecule has 1 aliphatic rings. The molecule has 4 N–H and O–H groups in total. The van der Waals surface area contributed by atoms with Gasteiger partial charge in [-0.1, -0.05) is 66.7 Å². The highest BCUT2D eigenvalue weighted by Crippen LogP contribution is 2.32. The Balaban J connectivity index is 1.46. The summed E-state index contributed by atoms with van der Waals surface area (Å²) in [5, 5.41) is 28.5. The van der Waals surface area contributed by atoms with Gasteiger partial charge in [-0.25, -0.2) is 4.79 Å². The Hall–Kier alpha value is -4.04. The fourth-order valence-corrected chi connectivity index (χ4v) is 6.01. The van der Waals surface area contributed by atoms with Crippen LogP contribution in [0.4, 0.5) is 4.79 Å². The van der Waals surface area contributed by atoms with E-state index < -0.39 is 36.3 Å². The summed E-state index contributed by atoms with van der Waals surface area (Å²) in [6, 6.07) is 23.3. The van der Waals surface area contributed by atoms with Crippen molar-refractivity contribution in [1.29, 1.82) is 0 Å². The molecule has 0 bridgehead atoms. The van der Waals surface area contributed by atoms with E-state index in [2.05, 4.69) is 10.6 Å². The van der Waals surface area contributed by atoms with E-state index in [0.717, 1.165) is 22.3 Å². The monoisotopic (exact) mass is 708 g/mol. The lowest BCUT2D eigenvalue weighted by atomic mass is 9.88. The Labute approximate surface area is 300 Å². The molecule has 0 saturated carbocycles. The number of carbonyl (C=O) groups is 2. The lowest BCUT2D eigenvalue weighted by molar-refractivity contribution is -0.127. The van der Waals surface area contributed by atoms with Crippen LogP contribution in [0.15, 0.2) is 78.9 Å². The minimum absolute atomic E-state index is 0.0282. The Kier molecular flexibility index (Phi) is 17.2. The van der Waals surface area contributed by atoms with E-state index in [4.69, 9.17) is 28.4 Å². The lowest BCUT2D eigenvalue weighted by Crippen LogP contribution is -2.47. The molecule has 3 aromatic rings. The largest absolute Gasteiger partial charge is 0.491 e. The van der Waals surface area contributed by atoms with Crippen molar-refractivity contribution >= 4 is 12.0 Å². The van der Waals surface area contributed by atoms with Gasteiger partial charge in [0.05, 0.1) is 63.9 Å². The minimum Gasteiger partial charge on any atom is -0.491 e. The molecule has 278 valence electrons. The normalized spacial score (nSPS) is 16.9. The van der Waals surface area contributed by atoms with Crippen molar-refractivity contribution in [2.75, 3.05) is 67.1 Å². The third kappa shape index (κ3) is 13.6. The number of benzene rings is 3. The molecule has 0 radical (unpaired) electrons. The third-order valence-corrected chi connectivity index (χ3v) is 8.69. The molecule has 5 atom stereocenters. The number of rotatable bonds is 23. The smallest absolute Gasteiger partial charge is 0.407 e. The van der Waals surface area contributed by atoms with Crippen LogP contribution in [-0.2, 0) is 47.7 Å². The van der Waals surface area contributed by atoms with Gasteiger partial charge >= 0.3 is 6.09 Å². The fourth-order valence-electron chi connectivity index (χ4n) is 6.01. The number of carbonyl (C=O) groups excluding carboxylic acids is 2. The maximum atomic E-state index is 14.0. The van der Waals surface area contributed by atoms with Crippen LogP contribution in [0.5, 0.6) is 5.75 Å². The number of aliphatic hydroxyl groups is 2. The van der Waals surface area contributed by atoms with Crippen LogP contribution in [0.3, 0.4) is 0 Å². The molecule has 4 rings (SSSR count). The zero-order valence-electron chi connectivity index (χ0n) is 29.5. The standard InChI is InChI=1S/C39H52N2O10/c1-46-16-18-48-20-22-50-32-14-12-29(13-15-32)24-31(38(44)41-37-33-11-7-6-10-30(33)26-36(37)43)27-35(42)34(25-28-8-4-3-5-9-28)40-39(45)51-23-21-49-19-17-47-2/h3-15,31,34-37,42-43H,16-27H2,1-2H3,(H,40,45)(H,41,44). The van der Waals surface area contributed by atoms with E-state index in [1.165, 1.54) is 0 Å². The Bertz CT molecular complexity index is 1440. The van der Waals surface area contributed by atoms with Gasteiger partial charge in [0.15, 0.2) is 0 Å². The second-order valence-electron chi connectivity index (χ2n) is 12.4. The summed E-state index contributed by atoms with van der Waals surface area (Å²) >= 11 is 0. The van der Waals surface area contributed by atoms with E-state index in [1.54, 1.807) is 14.2 Å². The molecule has 0 aliphatic heterocycles. The number of nitrogens with one attached hydrogen (secondary N) is 2. The molecule has 12 heteroatoms. The second kappa shape index (κ2) is 22.0. The van der Waals surface area contributed by atoms with Crippen molar-refractivity contribution < 1.29 is 48.2 Å². The third-order valence-electron chi connectivity index (χ3n) is 8.69. The van der Waals surface area contributed by atoms with Gasteiger partial charge in [0.2, 0.25) is 5.91 Å². The second-order valence-corrected chi connectivity index (χ2v) is 12.4. The van der Waals surface area contributed by atoms with Gasteiger partial charge in [-0.2, -0.15) is 0 Å². The molecule has 12 nitrogen and oxygen atoms in total. The fraction of sp³-hybridized carbons (Fsp3) is 0.487. The molecule has 0 fully saturated rings. The number of amides is 2. The van der Waals surface area contributed by atoms with Gasteiger partial charge in [-0.05, 0) is 53.6 Å². The first-order chi connectivity index (χ1) is 24.9. The van der Waals surface area contributed by atoms with Crippen molar-refractivity contribution in [1.82, 2.24) is 10.6 Å². The number of hydrogen-bond donors (Lipinski definition) is 4. The zero-order valence-corrected chi connectivity index (χ0v) is 29.5. The lowest BCUT2D eigenvalue weighted by Gasteiger charge is -2.28. The molecule has 0 aromatic heterocycles. The Morgan fingerprint density at radius 2 is 1.39 bits per heavy atom. The molecule has 51 heavy (non-hydrogen) atoms. The zero-order chi connectivity index (χ0) is 36.3. The molecule has 3 aromatic carbocycles. The molecule has 1 aliphatic carbocycles. The minimum atomic E-state index is -1.12. The SMILES string of the molecule is COCCOCCOC(=O)NC(Cc1ccccc1)C(O)CC(Cc1ccc(OCCOCCOC)cc1)C(=O)NC1c2ccccc2CC1O. The van der Waals surface area contributed by atoms with Gasteiger partial charge in [-0.3, -0.25) is 4.79 Å². The van der Waals surface area contributed by atoms with Crippen molar-refractivity contribution in [3.63, 3.8) is 0 Å². The van der Waals surface area contributed by atoms with Crippen molar-refractivity contribution in [2.45, 2.75) is 50.0 Å². The summed E-state index contributed by atoms with van der Waals surface area (Å²) in [6.45, 7) is 2.85. The van der Waals surface area contributed by atoms with Crippen LogP contribution in [0, 0.1) is 5.92 Å². The number of methoxy groups -OCH3 is 2. The van der Waals surface area contributed by atoms with Crippen LogP contribution in [-0.4, -0.2) is 108 Å². The van der Waals surface area contributed by atoms with Crippen LogP contribution in [0.2, 0.25) is 0 Å². The van der Waals surface area contributed by atoms with Gasteiger partial charge < -0.3 is 49.3 Å². The summed E-state index contributed by atoms with van der Waals surface area (Å²) in [5.74, 6) is -0.348. The number of fused-ring (bicyclic) bond motifs is 1. The highest BCUT2D eigenvalue weighted by atomic mass is 16.6. The van der Waals surface area contributed by atoms with Crippen molar-refractivity contribution in [3.05, 3.63) is 101 Å². The predicted octanol–water partition coefficient (Wildman–Crippen LogP) is 3.41. The maximum absolute atomic E-state index is 14.0. The molecule has 0 heterocycles. The molecule has 0 saturated heterocycles. The van der Waals surface area contributed by atoms with Crippen LogP contribution >= 0.6 is 0 Å². The Morgan fingerprint density at radius 1 is 0.765 bits per heavy atom. The summed E-state index contributed by atoms with van der Waals surface area (Å²) in [4.78, 5) is 26.9. The van der Waals surface area contributed by atoms with Crippen molar-refractivity contribution in [3.8, 4) is 5.75 Å². The first kappa shape index (κ1) is 39.7. The van der Waals surface area contributed by atoms with Crippen molar-refractivity contribution in [2.24, 2.45) is 5.92 Å². The maximum Gasteiger partial charge on any atom is 0.407 e. The summed E-state index contributed by atoms with van der Waals surface area (Å²) in [7, 11) is 3.20. The van der Waals surface area contributed by atoms with Gasteiger partial charge in [0.25, 0.3) is 0 Å². The molecular weight excluding hydrogens is 656 g/mol. The number of hydrogen-bond acceptors (Lipinski definition) is 10. The predicted molar refractivity (Wildman–Crippen MR) is 191 cm³/mol. The summed E-state index contributed by atoms with van der Waals surface area (Å²) in [5.41, 5.74) is 3.62. The molecular formula is C39H52N2O10.